The zero-order chi connectivity index (χ0) is 11.1. The molecule has 1 rings (SSSR count). The highest BCUT2D eigenvalue weighted by Crippen LogP contribution is 2.04. The van der Waals surface area contributed by atoms with Crippen molar-refractivity contribution in [1.82, 2.24) is 5.32 Å². The van der Waals surface area contributed by atoms with Crippen LogP contribution in [0.2, 0.25) is 0 Å². The van der Waals surface area contributed by atoms with E-state index in [1.54, 1.807) is 0 Å². The lowest BCUT2D eigenvalue weighted by Gasteiger charge is -2.06. The van der Waals surface area contributed by atoms with Crippen LogP contribution < -0.4 is 5.32 Å². The second-order valence-electron chi connectivity index (χ2n) is 3.68. The maximum atomic E-state index is 8.88. The summed E-state index contributed by atoms with van der Waals surface area (Å²) < 4.78 is 0. The molecule has 0 radical (unpaired) electrons. The Kier molecular flexibility index (Phi) is 5.08. The average molecular weight is 205 g/mol. The van der Waals surface area contributed by atoms with Gasteiger partial charge in [-0.2, -0.15) is 0 Å². The minimum atomic E-state index is 0.111. The van der Waals surface area contributed by atoms with Gasteiger partial charge >= 0.3 is 0 Å². The number of rotatable bonds is 6. The van der Waals surface area contributed by atoms with Gasteiger partial charge in [0.2, 0.25) is 0 Å². The van der Waals surface area contributed by atoms with Gasteiger partial charge in [-0.25, -0.2) is 0 Å². The molecule has 0 spiro atoms. The predicted molar refractivity (Wildman–Crippen MR) is 63.5 cm³/mol. The summed E-state index contributed by atoms with van der Waals surface area (Å²) >= 11 is 0. The van der Waals surface area contributed by atoms with Crippen LogP contribution in [-0.2, 0) is 13.2 Å². The van der Waals surface area contributed by atoms with E-state index in [0.29, 0.717) is 0 Å². The first kappa shape index (κ1) is 12.0. The smallest absolute Gasteiger partial charge is 0.0681 e. The van der Waals surface area contributed by atoms with Gasteiger partial charge in [-0.3, -0.25) is 0 Å². The van der Waals surface area contributed by atoms with Crippen molar-refractivity contribution >= 4 is 0 Å². The first-order valence-electron chi connectivity index (χ1n) is 5.32. The number of benzene rings is 1. The highest BCUT2D eigenvalue weighted by atomic mass is 16.3. The third kappa shape index (κ3) is 4.28. The molecule has 0 saturated heterocycles. The maximum absolute atomic E-state index is 8.88. The fourth-order valence-electron chi connectivity index (χ4n) is 1.27. The molecule has 82 valence electrons. The Hall–Kier alpha value is -1.12. The number of aliphatic hydroxyl groups is 1. The molecule has 0 fully saturated rings. The van der Waals surface area contributed by atoms with Gasteiger partial charge in [0.15, 0.2) is 0 Å². The van der Waals surface area contributed by atoms with Gasteiger partial charge in [0.25, 0.3) is 0 Å². The summed E-state index contributed by atoms with van der Waals surface area (Å²) in [5.74, 6) is 0. The molecular formula is C13H19NO. The summed E-state index contributed by atoms with van der Waals surface area (Å²) in [6.07, 6.45) is 1.02. The standard InChI is InChI=1S/C13H19NO/c1-3-11(2)8-14-9-12-4-6-13(10-15)7-5-12/h4-7,14-15H,2-3,8-10H2,1H3. The first-order chi connectivity index (χ1) is 7.26. The molecule has 1 aromatic carbocycles. The average Bonchev–Trinajstić information content (AvgIpc) is 2.29. The fraction of sp³-hybridized carbons (Fsp3) is 0.385. The molecule has 0 bridgehead atoms. The van der Waals surface area contributed by atoms with Crippen LogP contribution in [0.4, 0.5) is 0 Å². The van der Waals surface area contributed by atoms with E-state index in [0.717, 1.165) is 25.1 Å². The topological polar surface area (TPSA) is 32.3 Å². The van der Waals surface area contributed by atoms with Crippen LogP contribution in [0.25, 0.3) is 0 Å². The lowest BCUT2D eigenvalue weighted by Crippen LogP contribution is -2.15. The first-order valence-corrected chi connectivity index (χ1v) is 5.32. The molecule has 0 saturated carbocycles. The van der Waals surface area contributed by atoms with Crippen LogP contribution in [0.3, 0.4) is 0 Å². The second kappa shape index (κ2) is 6.38. The number of aliphatic hydroxyl groups excluding tert-OH is 1. The van der Waals surface area contributed by atoms with Crippen LogP contribution in [0.1, 0.15) is 24.5 Å². The monoisotopic (exact) mass is 205 g/mol. The molecule has 2 heteroatoms. The molecule has 0 aliphatic carbocycles. The quantitative estimate of drug-likeness (QED) is 0.698. The maximum Gasteiger partial charge on any atom is 0.0681 e. The van der Waals surface area contributed by atoms with Crippen LogP contribution >= 0.6 is 0 Å². The van der Waals surface area contributed by atoms with E-state index in [4.69, 9.17) is 5.11 Å². The minimum absolute atomic E-state index is 0.111. The summed E-state index contributed by atoms with van der Waals surface area (Å²) in [5, 5.41) is 12.2. The molecule has 0 aliphatic rings. The summed E-state index contributed by atoms with van der Waals surface area (Å²) in [5.41, 5.74) is 3.41. The predicted octanol–water partition coefficient (Wildman–Crippen LogP) is 2.23. The number of hydrogen-bond acceptors (Lipinski definition) is 2. The molecule has 0 atom stereocenters. The molecule has 2 N–H and O–H groups in total. The summed E-state index contributed by atoms with van der Waals surface area (Å²) in [6.45, 7) is 7.88. The zero-order valence-corrected chi connectivity index (χ0v) is 9.29. The lowest BCUT2D eigenvalue weighted by atomic mass is 10.1. The summed E-state index contributed by atoms with van der Waals surface area (Å²) in [4.78, 5) is 0. The fourth-order valence-corrected chi connectivity index (χ4v) is 1.27. The number of hydrogen-bond donors (Lipinski definition) is 2. The van der Waals surface area contributed by atoms with Crippen molar-refractivity contribution in [2.75, 3.05) is 6.54 Å². The van der Waals surface area contributed by atoms with E-state index in [-0.39, 0.29) is 6.61 Å². The van der Waals surface area contributed by atoms with Crippen LogP contribution in [0.5, 0.6) is 0 Å². The molecule has 0 heterocycles. The molecule has 0 aromatic heterocycles. The lowest BCUT2D eigenvalue weighted by molar-refractivity contribution is 0.282. The van der Waals surface area contributed by atoms with Crippen molar-refractivity contribution in [3.63, 3.8) is 0 Å². The zero-order valence-electron chi connectivity index (χ0n) is 9.29. The van der Waals surface area contributed by atoms with Gasteiger partial charge in [0.05, 0.1) is 6.61 Å². The third-order valence-electron chi connectivity index (χ3n) is 2.41. The van der Waals surface area contributed by atoms with Crippen LogP contribution in [0, 0.1) is 0 Å². The molecule has 0 amide bonds. The van der Waals surface area contributed by atoms with Gasteiger partial charge < -0.3 is 10.4 Å². The van der Waals surface area contributed by atoms with Crippen molar-refractivity contribution in [3.8, 4) is 0 Å². The SMILES string of the molecule is C=C(CC)CNCc1ccc(CO)cc1. The largest absolute Gasteiger partial charge is 0.392 e. The van der Waals surface area contributed by atoms with Gasteiger partial charge in [0, 0.05) is 13.1 Å². The molecular weight excluding hydrogens is 186 g/mol. The Morgan fingerprint density at radius 2 is 1.87 bits per heavy atom. The minimum Gasteiger partial charge on any atom is -0.392 e. The van der Waals surface area contributed by atoms with Gasteiger partial charge in [-0.15, -0.1) is 0 Å². The van der Waals surface area contributed by atoms with Crippen molar-refractivity contribution in [3.05, 3.63) is 47.5 Å². The molecule has 0 aliphatic heterocycles. The summed E-state index contributed by atoms with van der Waals surface area (Å²) in [7, 11) is 0. The summed E-state index contributed by atoms with van der Waals surface area (Å²) in [6, 6.07) is 7.97. The molecule has 2 nitrogen and oxygen atoms in total. The van der Waals surface area contributed by atoms with Crippen molar-refractivity contribution in [1.29, 1.82) is 0 Å². The van der Waals surface area contributed by atoms with Crippen LogP contribution in [0.15, 0.2) is 36.4 Å². The third-order valence-corrected chi connectivity index (χ3v) is 2.41. The highest BCUT2D eigenvalue weighted by molar-refractivity contribution is 5.21. The van der Waals surface area contributed by atoms with Crippen molar-refractivity contribution in [2.24, 2.45) is 0 Å². The van der Waals surface area contributed by atoms with E-state index in [1.807, 2.05) is 24.3 Å². The van der Waals surface area contributed by atoms with Crippen LogP contribution in [-0.4, -0.2) is 11.7 Å². The Morgan fingerprint density at radius 3 is 2.40 bits per heavy atom. The van der Waals surface area contributed by atoms with Crippen molar-refractivity contribution < 1.29 is 5.11 Å². The van der Waals surface area contributed by atoms with Gasteiger partial charge in [-0.1, -0.05) is 43.3 Å². The van der Waals surface area contributed by atoms with E-state index < -0.39 is 0 Å². The molecule has 1 aromatic rings. The van der Waals surface area contributed by atoms with E-state index in [9.17, 15) is 0 Å². The van der Waals surface area contributed by atoms with E-state index in [1.165, 1.54) is 11.1 Å². The van der Waals surface area contributed by atoms with Crippen molar-refractivity contribution in [2.45, 2.75) is 26.5 Å². The molecule has 0 unspecified atom stereocenters. The van der Waals surface area contributed by atoms with Gasteiger partial charge in [0.1, 0.15) is 0 Å². The Bertz CT molecular complexity index is 303. The van der Waals surface area contributed by atoms with E-state index in [2.05, 4.69) is 18.8 Å². The Labute approximate surface area is 91.6 Å². The number of nitrogens with one attached hydrogen (secondary N) is 1. The normalized spacial score (nSPS) is 10.3. The second-order valence-corrected chi connectivity index (χ2v) is 3.68. The Balaban J connectivity index is 2.34. The highest BCUT2D eigenvalue weighted by Gasteiger charge is 1.94. The van der Waals surface area contributed by atoms with E-state index >= 15 is 0 Å². The Morgan fingerprint density at radius 1 is 1.27 bits per heavy atom. The molecule has 15 heavy (non-hydrogen) atoms. The van der Waals surface area contributed by atoms with Gasteiger partial charge in [-0.05, 0) is 17.5 Å².